The molecule has 0 unspecified atom stereocenters. The maximum absolute atomic E-state index is 13.0. The van der Waals surface area contributed by atoms with E-state index in [1.54, 1.807) is 21.0 Å². The van der Waals surface area contributed by atoms with Gasteiger partial charge in [0.25, 0.3) is 0 Å². The van der Waals surface area contributed by atoms with Crippen molar-refractivity contribution in [2.24, 2.45) is 0 Å². The Morgan fingerprint density at radius 2 is 1.97 bits per heavy atom. The smallest absolute Gasteiger partial charge is 0.245 e. The third-order valence-electron chi connectivity index (χ3n) is 5.44. The number of nitrogens with zero attached hydrogens (tertiary/aromatic N) is 2. The predicted octanol–water partition coefficient (Wildman–Crippen LogP) is 3.11. The molecule has 0 aliphatic carbocycles. The van der Waals surface area contributed by atoms with E-state index in [4.69, 9.17) is 9.26 Å². The number of hydrogen-bond donors (Lipinski definition) is 1. The maximum Gasteiger partial charge on any atom is 0.245 e. The summed E-state index contributed by atoms with van der Waals surface area (Å²) >= 11 is 0. The number of carbonyl (C=O) groups is 1. The first-order valence-corrected chi connectivity index (χ1v) is 11.7. The van der Waals surface area contributed by atoms with Crippen molar-refractivity contribution >= 4 is 15.9 Å². The van der Waals surface area contributed by atoms with Crippen LogP contribution in [0.3, 0.4) is 0 Å². The van der Waals surface area contributed by atoms with Crippen molar-refractivity contribution in [3.05, 3.63) is 41.3 Å². The Morgan fingerprint density at radius 1 is 1.23 bits per heavy atom. The average Bonchev–Trinajstić information content (AvgIpc) is 2.93. The van der Waals surface area contributed by atoms with E-state index in [1.807, 2.05) is 29.2 Å². The van der Waals surface area contributed by atoms with Crippen LogP contribution < -0.4 is 9.46 Å². The zero-order chi connectivity index (χ0) is 21.7. The van der Waals surface area contributed by atoms with Gasteiger partial charge in [-0.3, -0.25) is 4.79 Å². The second-order valence-electron chi connectivity index (χ2n) is 7.53. The highest BCUT2D eigenvalue weighted by Crippen LogP contribution is 2.31. The molecule has 3 rings (SSSR count). The van der Waals surface area contributed by atoms with Crippen molar-refractivity contribution in [2.45, 2.75) is 56.9 Å². The van der Waals surface area contributed by atoms with Gasteiger partial charge in [-0.15, -0.1) is 0 Å². The predicted molar refractivity (Wildman–Crippen MR) is 112 cm³/mol. The molecule has 2 aromatic rings. The number of benzene rings is 1. The number of hydrogen-bond acceptors (Lipinski definition) is 6. The Kier molecular flexibility index (Phi) is 7.14. The quantitative estimate of drug-likeness (QED) is 0.717. The van der Waals surface area contributed by atoms with Gasteiger partial charge in [0.05, 0.1) is 13.2 Å². The number of amides is 1. The highest BCUT2D eigenvalue weighted by Gasteiger charge is 2.28. The Balaban J connectivity index is 1.67. The van der Waals surface area contributed by atoms with E-state index < -0.39 is 10.0 Å². The van der Waals surface area contributed by atoms with Gasteiger partial charge in [0.2, 0.25) is 15.9 Å². The minimum absolute atomic E-state index is 0.00919. The first-order valence-electron chi connectivity index (χ1n) is 10.2. The van der Waals surface area contributed by atoms with Gasteiger partial charge in [0, 0.05) is 19.5 Å². The monoisotopic (exact) mass is 435 g/mol. The van der Waals surface area contributed by atoms with Crippen LogP contribution in [0.5, 0.6) is 5.75 Å². The van der Waals surface area contributed by atoms with Gasteiger partial charge in [0.1, 0.15) is 16.3 Å². The van der Waals surface area contributed by atoms with E-state index >= 15 is 0 Å². The molecule has 0 spiro atoms. The largest absolute Gasteiger partial charge is 0.497 e. The molecule has 1 aromatic carbocycles. The van der Waals surface area contributed by atoms with Crippen molar-refractivity contribution in [1.82, 2.24) is 14.8 Å². The third kappa shape index (κ3) is 5.02. The lowest BCUT2D eigenvalue weighted by atomic mass is 10.0. The van der Waals surface area contributed by atoms with Crippen LogP contribution in [0, 0.1) is 13.8 Å². The van der Waals surface area contributed by atoms with Crippen LogP contribution in [-0.2, 0) is 14.8 Å². The fourth-order valence-electron chi connectivity index (χ4n) is 3.95. The number of aromatic nitrogens is 1. The molecule has 0 bridgehead atoms. The molecule has 1 aromatic heterocycles. The fraction of sp³-hybridized carbons (Fsp3) is 0.524. The van der Waals surface area contributed by atoms with Gasteiger partial charge >= 0.3 is 0 Å². The Bertz CT molecular complexity index is 950. The van der Waals surface area contributed by atoms with E-state index in [9.17, 15) is 13.2 Å². The lowest BCUT2D eigenvalue weighted by molar-refractivity contribution is -0.133. The Hall–Kier alpha value is -2.39. The van der Waals surface area contributed by atoms with E-state index in [-0.39, 0.29) is 35.6 Å². The highest BCUT2D eigenvalue weighted by atomic mass is 32.2. The van der Waals surface area contributed by atoms with Gasteiger partial charge in [-0.05, 0) is 44.4 Å². The molecule has 30 heavy (non-hydrogen) atoms. The minimum atomic E-state index is -3.78. The molecule has 2 heterocycles. The first kappa shape index (κ1) is 22.3. The van der Waals surface area contributed by atoms with E-state index in [2.05, 4.69) is 9.88 Å². The summed E-state index contributed by atoms with van der Waals surface area (Å²) in [6.45, 7) is 3.83. The number of ether oxygens (including phenoxy) is 1. The number of methoxy groups -OCH3 is 1. The summed E-state index contributed by atoms with van der Waals surface area (Å²) in [5, 5.41) is 3.69. The molecular weight excluding hydrogens is 406 g/mol. The standard InChI is InChI=1S/C21H29N3O5S/c1-15-21(16(2)29-23-15)30(26,27)22-13-12-20(25)24-14-6-4-5-7-19(24)17-8-10-18(28-3)11-9-17/h8-11,19,22H,4-7,12-14H2,1-3H3/t19-/m0/s1. The number of rotatable bonds is 7. The van der Waals surface area contributed by atoms with Crippen LogP contribution in [0.2, 0.25) is 0 Å². The summed E-state index contributed by atoms with van der Waals surface area (Å²) in [4.78, 5) is 14.9. The van der Waals surface area contributed by atoms with Gasteiger partial charge < -0.3 is 14.2 Å². The summed E-state index contributed by atoms with van der Waals surface area (Å²) in [6.07, 6.45) is 4.07. The molecule has 1 atom stereocenters. The SMILES string of the molecule is COc1ccc([C@@H]2CCCCCN2C(=O)CCNS(=O)(=O)c2c(C)noc2C)cc1. The maximum atomic E-state index is 13.0. The molecule has 1 N–H and O–H groups in total. The van der Waals surface area contributed by atoms with Crippen LogP contribution in [0.1, 0.15) is 55.2 Å². The van der Waals surface area contributed by atoms with Crippen LogP contribution in [-0.4, -0.2) is 44.6 Å². The zero-order valence-corrected chi connectivity index (χ0v) is 18.5. The molecule has 0 saturated carbocycles. The van der Waals surface area contributed by atoms with Crippen molar-refractivity contribution in [3.63, 3.8) is 0 Å². The van der Waals surface area contributed by atoms with Crippen LogP contribution in [0.25, 0.3) is 0 Å². The zero-order valence-electron chi connectivity index (χ0n) is 17.7. The van der Waals surface area contributed by atoms with Crippen molar-refractivity contribution in [2.75, 3.05) is 20.2 Å². The van der Waals surface area contributed by atoms with Crippen molar-refractivity contribution in [3.8, 4) is 5.75 Å². The number of likely N-dealkylation sites (tertiary alicyclic amines) is 1. The highest BCUT2D eigenvalue weighted by molar-refractivity contribution is 7.89. The molecule has 0 radical (unpaired) electrons. The first-order chi connectivity index (χ1) is 14.3. The van der Waals surface area contributed by atoms with Gasteiger partial charge in [0.15, 0.2) is 5.76 Å². The summed E-state index contributed by atoms with van der Waals surface area (Å²) in [5.74, 6) is 0.955. The molecule has 1 aliphatic heterocycles. The molecule has 1 aliphatic rings. The summed E-state index contributed by atoms with van der Waals surface area (Å²) in [5.41, 5.74) is 1.38. The van der Waals surface area contributed by atoms with Gasteiger partial charge in [-0.1, -0.05) is 30.1 Å². The topological polar surface area (TPSA) is 102 Å². The van der Waals surface area contributed by atoms with Crippen molar-refractivity contribution in [1.29, 1.82) is 0 Å². The molecular formula is C21H29N3O5S. The summed E-state index contributed by atoms with van der Waals surface area (Å²) in [7, 11) is -2.15. The summed E-state index contributed by atoms with van der Waals surface area (Å²) in [6, 6.07) is 7.79. The molecule has 8 nitrogen and oxygen atoms in total. The molecule has 1 saturated heterocycles. The van der Waals surface area contributed by atoms with E-state index in [0.29, 0.717) is 12.2 Å². The number of nitrogens with one attached hydrogen (secondary N) is 1. The van der Waals surface area contributed by atoms with Crippen molar-refractivity contribution < 1.29 is 22.5 Å². The van der Waals surface area contributed by atoms with Crippen LogP contribution in [0.4, 0.5) is 0 Å². The second kappa shape index (κ2) is 9.61. The minimum Gasteiger partial charge on any atom is -0.497 e. The van der Waals surface area contributed by atoms with Crippen LogP contribution >= 0.6 is 0 Å². The Morgan fingerprint density at radius 3 is 2.60 bits per heavy atom. The molecule has 164 valence electrons. The van der Waals surface area contributed by atoms with Gasteiger partial charge in [-0.25, -0.2) is 13.1 Å². The third-order valence-corrected chi connectivity index (χ3v) is 7.15. The van der Waals surface area contributed by atoms with Crippen LogP contribution in [0.15, 0.2) is 33.7 Å². The molecule has 1 amide bonds. The number of sulfonamides is 1. The fourth-order valence-corrected chi connectivity index (χ4v) is 5.30. The normalized spacial score (nSPS) is 17.6. The lowest BCUT2D eigenvalue weighted by Gasteiger charge is -2.31. The molecule has 1 fully saturated rings. The van der Waals surface area contributed by atoms with E-state index in [0.717, 1.165) is 37.0 Å². The number of carbonyl (C=O) groups excluding carboxylic acids is 1. The second-order valence-corrected chi connectivity index (χ2v) is 9.23. The lowest BCUT2D eigenvalue weighted by Crippen LogP contribution is -2.37. The number of aryl methyl sites for hydroxylation is 2. The van der Waals surface area contributed by atoms with Gasteiger partial charge in [-0.2, -0.15) is 0 Å². The average molecular weight is 436 g/mol. The Labute approximate surface area is 177 Å². The summed E-state index contributed by atoms with van der Waals surface area (Å²) < 4.78 is 37.8. The van der Waals surface area contributed by atoms with E-state index in [1.165, 1.54) is 0 Å². The molecule has 9 heteroatoms.